The fraction of sp³-hybridized carbons (Fsp3) is 0.267. The number of carboxylic acid groups (broad SMARTS) is 1. The first-order valence-electron chi connectivity index (χ1n) is 7.30. The molecule has 10 heteroatoms. The lowest BCUT2D eigenvalue weighted by Crippen LogP contribution is -2.47. The number of carbonyl (C=O) groups is 3. The smallest absolute Gasteiger partial charge is 0.335 e. The molecule has 0 radical (unpaired) electrons. The molecule has 1 aromatic carbocycles. The highest BCUT2D eigenvalue weighted by Gasteiger charge is 2.33. The van der Waals surface area contributed by atoms with Crippen LogP contribution in [0, 0.1) is 6.92 Å². The van der Waals surface area contributed by atoms with Gasteiger partial charge in [-0.2, -0.15) is 0 Å². The second kappa shape index (κ2) is 6.48. The Morgan fingerprint density at radius 1 is 1.40 bits per heavy atom. The van der Waals surface area contributed by atoms with E-state index in [2.05, 4.69) is 15.5 Å². The molecule has 2 heterocycles. The van der Waals surface area contributed by atoms with E-state index in [1.807, 2.05) is 0 Å². The Labute approximate surface area is 146 Å². The molecule has 1 aliphatic rings. The number of nitrogens with zero attached hydrogens (tertiary/aromatic N) is 3. The summed E-state index contributed by atoms with van der Waals surface area (Å²) in [6, 6.07) is 4.16. The van der Waals surface area contributed by atoms with E-state index in [-0.39, 0.29) is 17.8 Å². The van der Waals surface area contributed by atoms with Crippen LogP contribution in [-0.2, 0) is 9.59 Å². The number of anilines is 2. The van der Waals surface area contributed by atoms with Crippen LogP contribution in [0.4, 0.5) is 10.8 Å². The van der Waals surface area contributed by atoms with Crippen molar-refractivity contribution in [1.29, 1.82) is 0 Å². The predicted molar refractivity (Wildman–Crippen MR) is 89.1 cm³/mol. The topological polar surface area (TPSA) is 122 Å². The predicted octanol–water partition coefficient (Wildman–Crippen LogP) is 1.30. The molecule has 0 saturated heterocycles. The Morgan fingerprint density at radius 3 is 2.80 bits per heavy atom. The van der Waals surface area contributed by atoms with Gasteiger partial charge in [-0.15, -0.1) is 10.2 Å². The number of fused-ring (bicyclic) bond motifs is 1. The van der Waals surface area contributed by atoms with Gasteiger partial charge in [0.2, 0.25) is 11.0 Å². The third kappa shape index (κ3) is 3.43. The summed E-state index contributed by atoms with van der Waals surface area (Å²) in [5, 5.41) is 20.3. The van der Waals surface area contributed by atoms with Crippen LogP contribution in [0.1, 0.15) is 22.3 Å². The van der Waals surface area contributed by atoms with Crippen LogP contribution in [0.5, 0.6) is 5.75 Å². The average molecular weight is 362 g/mol. The second-order valence-corrected chi connectivity index (χ2v) is 6.53. The number of hydrogen-bond donors (Lipinski definition) is 2. The number of ether oxygens (including phenoxy) is 1. The standard InChI is InChI=1S/C15H14N4O5S/c1-7-13(21)19(6-12(20)16-15-18-17-8(2)25-15)10-5-9(14(22)23)3-4-11(10)24-7/h3-5,7H,6H2,1-2H3,(H,22,23)(H,16,18,20). The highest BCUT2D eigenvalue weighted by molar-refractivity contribution is 7.15. The SMILES string of the molecule is Cc1nnc(NC(=O)CN2C(=O)C(C)Oc3ccc(C(=O)O)cc32)s1. The first-order valence-corrected chi connectivity index (χ1v) is 8.12. The molecule has 9 nitrogen and oxygen atoms in total. The number of aromatic carboxylic acids is 1. The van der Waals surface area contributed by atoms with Crippen molar-refractivity contribution in [1.82, 2.24) is 10.2 Å². The third-order valence-corrected chi connectivity index (χ3v) is 4.24. The van der Waals surface area contributed by atoms with Gasteiger partial charge in [0.25, 0.3) is 5.91 Å². The Bertz CT molecular complexity index is 865. The number of aryl methyl sites for hydroxylation is 1. The highest BCUT2D eigenvalue weighted by atomic mass is 32.1. The zero-order valence-electron chi connectivity index (χ0n) is 13.3. The summed E-state index contributed by atoms with van der Waals surface area (Å²) in [7, 11) is 0. The Kier molecular flexibility index (Phi) is 4.36. The van der Waals surface area contributed by atoms with Crippen LogP contribution < -0.4 is 15.0 Å². The van der Waals surface area contributed by atoms with Crippen LogP contribution in [0.2, 0.25) is 0 Å². The lowest BCUT2D eigenvalue weighted by atomic mass is 10.1. The van der Waals surface area contributed by atoms with Gasteiger partial charge in [-0.3, -0.25) is 19.8 Å². The second-order valence-electron chi connectivity index (χ2n) is 5.35. The summed E-state index contributed by atoms with van der Waals surface area (Å²) in [6.07, 6.45) is -0.778. The molecule has 2 N–H and O–H groups in total. The van der Waals surface area contributed by atoms with Crippen molar-refractivity contribution in [3.63, 3.8) is 0 Å². The summed E-state index contributed by atoms with van der Waals surface area (Å²) in [4.78, 5) is 37.0. The number of carbonyl (C=O) groups excluding carboxylic acids is 2. The van der Waals surface area contributed by atoms with Gasteiger partial charge in [-0.1, -0.05) is 11.3 Å². The maximum atomic E-state index is 12.4. The van der Waals surface area contributed by atoms with Crippen LogP contribution in [-0.4, -0.2) is 45.7 Å². The molecule has 2 amide bonds. The van der Waals surface area contributed by atoms with Crippen molar-refractivity contribution < 1.29 is 24.2 Å². The van der Waals surface area contributed by atoms with Crippen LogP contribution in [0.15, 0.2) is 18.2 Å². The molecule has 0 spiro atoms. The zero-order chi connectivity index (χ0) is 18.1. The van der Waals surface area contributed by atoms with E-state index in [0.717, 1.165) is 0 Å². The minimum Gasteiger partial charge on any atom is -0.479 e. The van der Waals surface area contributed by atoms with Crippen molar-refractivity contribution in [2.24, 2.45) is 0 Å². The zero-order valence-corrected chi connectivity index (χ0v) is 14.2. The fourth-order valence-corrected chi connectivity index (χ4v) is 2.96. The summed E-state index contributed by atoms with van der Waals surface area (Å²) in [6.45, 7) is 3.03. The molecule has 0 aliphatic carbocycles. The molecular formula is C15H14N4O5S. The van der Waals surface area contributed by atoms with Gasteiger partial charge in [-0.25, -0.2) is 4.79 Å². The summed E-state index contributed by atoms with van der Waals surface area (Å²) >= 11 is 1.21. The normalized spacial score (nSPS) is 16.2. The lowest BCUT2D eigenvalue weighted by molar-refractivity contribution is -0.127. The fourth-order valence-electron chi connectivity index (χ4n) is 2.35. The molecule has 0 saturated carbocycles. The summed E-state index contributed by atoms with van der Waals surface area (Å²) in [5.41, 5.74) is 0.237. The molecule has 1 aromatic heterocycles. The van der Waals surface area contributed by atoms with E-state index < -0.39 is 23.9 Å². The largest absolute Gasteiger partial charge is 0.479 e. The molecule has 25 heavy (non-hydrogen) atoms. The van der Waals surface area contributed by atoms with E-state index in [4.69, 9.17) is 9.84 Å². The summed E-state index contributed by atoms with van der Waals surface area (Å²) in [5.74, 6) is -1.69. The van der Waals surface area contributed by atoms with Crippen molar-refractivity contribution in [2.45, 2.75) is 20.0 Å². The van der Waals surface area contributed by atoms with Crippen molar-refractivity contribution in [3.8, 4) is 5.75 Å². The Morgan fingerprint density at radius 2 is 2.16 bits per heavy atom. The maximum absolute atomic E-state index is 12.4. The maximum Gasteiger partial charge on any atom is 0.335 e. The van der Waals surface area contributed by atoms with E-state index in [1.165, 1.54) is 34.4 Å². The molecule has 0 bridgehead atoms. The first kappa shape index (κ1) is 16.8. The van der Waals surface area contributed by atoms with Gasteiger partial charge in [0, 0.05) is 0 Å². The van der Waals surface area contributed by atoms with Gasteiger partial charge < -0.3 is 9.84 Å². The molecule has 0 fully saturated rings. The summed E-state index contributed by atoms with van der Waals surface area (Å²) < 4.78 is 5.48. The number of benzene rings is 1. The lowest BCUT2D eigenvalue weighted by Gasteiger charge is -2.32. The molecule has 1 unspecified atom stereocenters. The van der Waals surface area contributed by atoms with Gasteiger partial charge in [0.15, 0.2) is 6.10 Å². The molecule has 1 atom stereocenters. The number of nitrogens with one attached hydrogen (secondary N) is 1. The molecule has 130 valence electrons. The van der Waals surface area contributed by atoms with Crippen LogP contribution in [0.25, 0.3) is 0 Å². The molecule has 3 rings (SSSR count). The molecular weight excluding hydrogens is 348 g/mol. The number of amides is 2. The number of carboxylic acids is 1. The van der Waals surface area contributed by atoms with E-state index in [9.17, 15) is 14.4 Å². The average Bonchev–Trinajstić information content (AvgIpc) is 2.96. The minimum atomic E-state index is -1.14. The van der Waals surface area contributed by atoms with Crippen LogP contribution in [0.3, 0.4) is 0 Å². The van der Waals surface area contributed by atoms with E-state index in [0.29, 0.717) is 15.9 Å². The van der Waals surface area contributed by atoms with E-state index in [1.54, 1.807) is 13.8 Å². The Hall–Kier alpha value is -3.01. The molecule has 2 aromatic rings. The highest BCUT2D eigenvalue weighted by Crippen LogP contribution is 2.35. The number of hydrogen-bond acceptors (Lipinski definition) is 7. The van der Waals surface area contributed by atoms with Gasteiger partial charge in [0.1, 0.15) is 17.3 Å². The van der Waals surface area contributed by atoms with Gasteiger partial charge in [0.05, 0.1) is 11.3 Å². The van der Waals surface area contributed by atoms with Crippen LogP contribution >= 0.6 is 11.3 Å². The minimum absolute atomic E-state index is 0.00476. The van der Waals surface area contributed by atoms with Gasteiger partial charge >= 0.3 is 5.97 Å². The van der Waals surface area contributed by atoms with Gasteiger partial charge in [-0.05, 0) is 32.0 Å². The first-order chi connectivity index (χ1) is 11.8. The number of rotatable bonds is 4. The van der Waals surface area contributed by atoms with Crippen molar-refractivity contribution >= 4 is 39.9 Å². The molecule has 1 aliphatic heterocycles. The van der Waals surface area contributed by atoms with Crippen molar-refractivity contribution in [3.05, 3.63) is 28.8 Å². The number of aromatic nitrogens is 2. The monoisotopic (exact) mass is 362 g/mol. The van der Waals surface area contributed by atoms with E-state index >= 15 is 0 Å². The van der Waals surface area contributed by atoms with Crippen molar-refractivity contribution in [2.75, 3.05) is 16.8 Å². The Balaban J connectivity index is 1.86. The quantitative estimate of drug-likeness (QED) is 0.840. The third-order valence-electron chi connectivity index (χ3n) is 3.49.